The zero-order chi connectivity index (χ0) is 15.4. The fraction of sp³-hybridized carbons (Fsp3) is 0.429. The van der Waals surface area contributed by atoms with Crippen molar-refractivity contribution in [2.24, 2.45) is 0 Å². The number of carbonyl (C=O) groups excluding carboxylic acids is 1. The van der Waals surface area contributed by atoms with Gasteiger partial charge in [0, 0.05) is 13.1 Å². The Bertz CT molecular complexity index is 546. The standard InChI is InChI=1S/C14H18N2O5/c1-2-9-8-16(6-7-21-9)14(20)15-11-5-3-4-10(12(11)17)13(18)19/h3-5,9,17H,2,6-8H2,1H3,(H,15,20)(H,18,19). The molecule has 3 N–H and O–H groups in total. The number of amides is 2. The van der Waals surface area contributed by atoms with E-state index in [0.29, 0.717) is 19.7 Å². The second kappa shape index (κ2) is 6.45. The maximum atomic E-state index is 12.2. The van der Waals surface area contributed by atoms with Gasteiger partial charge in [-0.15, -0.1) is 0 Å². The Morgan fingerprint density at radius 3 is 2.90 bits per heavy atom. The number of hydrogen-bond acceptors (Lipinski definition) is 4. The molecule has 0 bridgehead atoms. The fourth-order valence-electron chi connectivity index (χ4n) is 2.16. The summed E-state index contributed by atoms with van der Waals surface area (Å²) in [6.07, 6.45) is 0.812. The number of hydrogen-bond donors (Lipinski definition) is 3. The molecule has 0 saturated carbocycles. The smallest absolute Gasteiger partial charge is 0.339 e. The van der Waals surface area contributed by atoms with E-state index in [4.69, 9.17) is 9.84 Å². The first-order chi connectivity index (χ1) is 10.0. The monoisotopic (exact) mass is 294 g/mol. The summed E-state index contributed by atoms with van der Waals surface area (Å²) in [5.74, 6) is -1.69. The highest BCUT2D eigenvalue weighted by molar-refractivity contribution is 5.97. The highest BCUT2D eigenvalue weighted by Gasteiger charge is 2.24. The van der Waals surface area contributed by atoms with Crippen LogP contribution in [0.25, 0.3) is 0 Å². The van der Waals surface area contributed by atoms with E-state index in [2.05, 4.69) is 5.32 Å². The summed E-state index contributed by atoms with van der Waals surface area (Å²) < 4.78 is 5.48. The van der Waals surface area contributed by atoms with Crippen LogP contribution in [-0.2, 0) is 4.74 Å². The molecule has 1 atom stereocenters. The lowest BCUT2D eigenvalue weighted by Crippen LogP contribution is -2.47. The average molecular weight is 294 g/mol. The second-order valence-corrected chi connectivity index (χ2v) is 4.78. The van der Waals surface area contributed by atoms with Gasteiger partial charge in [0.2, 0.25) is 0 Å². The van der Waals surface area contributed by atoms with Gasteiger partial charge in [0.1, 0.15) is 5.56 Å². The van der Waals surface area contributed by atoms with Crippen LogP contribution >= 0.6 is 0 Å². The number of carboxylic acids is 1. The Labute approximate surface area is 122 Å². The number of para-hydroxylation sites is 1. The molecule has 7 heteroatoms. The minimum atomic E-state index is -1.25. The maximum Gasteiger partial charge on any atom is 0.339 e. The summed E-state index contributed by atoms with van der Waals surface area (Å²) in [5.41, 5.74) is -0.166. The quantitative estimate of drug-likeness (QED) is 0.737. The number of rotatable bonds is 3. The number of phenols is 1. The number of carboxylic acid groups (broad SMARTS) is 1. The number of morpholine rings is 1. The topological polar surface area (TPSA) is 99.1 Å². The zero-order valence-electron chi connectivity index (χ0n) is 11.7. The summed E-state index contributed by atoms with van der Waals surface area (Å²) in [4.78, 5) is 24.7. The van der Waals surface area contributed by atoms with Gasteiger partial charge >= 0.3 is 12.0 Å². The van der Waals surface area contributed by atoms with E-state index in [9.17, 15) is 14.7 Å². The predicted molar refractivity (Wildman–Crippen MR) is 75.7 cm³/mol. The van der Waals surface area contributed by atoms with E-state index < -0.39 is 11.7 Å². The average Bonchev–Trinajstić information content (AvgIpc) is 2.49. The van der Waals surface area contributed by atoms with Crippen molar-refractivity contribution in [2.45, 2.75) is 19.4 Å². The van der Waals surface area contributed by atoms with Gasteiger partial charge in [0.15, 0.2) is 5.75 Å². The van der Waals surface area contributed by atoms with Crippen LogP contribution in [0.1, 0.15) is 23.7 Å². The van der Waals surface area contributed by atoms with E-state index in [1.807, 2.05) is 6.92 Å². The van der Waals surface area contributed by atoms with Crippen molar-refractivity contribution >= 4 is 17.7 Å². The highest BCUT2D eigenvalue weighted by atomic mass is 16.5. The maximum absolute atomic E-state index is 12.2. The molecule has 7 nitrogen and oxygen atoms in total. The largest absolute Gasteiger partial charge is 0.505 e. The third-order valence-corrected chi connectivity index (χ3v) is 3.39. The van der Waals surface area contributed by atoms with Crippen LogP contribution in [0.2, 0.25) is 0 Å². The van der Waals surface area contributed by atoms with Crippen molar-refractivity contribution < 1.29 is 24.5 Å². The molecule has 1 aliphatic heterocycles. The summed E-state index contributed by atoms with van der Waals surface area (Å²) in [5, 5.41) is 21.3. The van der Waals surface area contributed by atoms with Crippen molar-refractivity contribution in [1.29, 1.82) is 0 Å². The van der Waals surface area contributed by atoms with Gasteiger partial charge in [0.25, 0.3) is 0 Å². The molecule has 0 radical (unpaired) electrons. The van der Waals surface area contributed by atoms with Gasteiger partial charge in [-0.25, -0.2) is 9.59 Å². The van der Waals surface area contributed by atoms with Gasteiger partial charge in [-0.3, -0.25) is 0 Å². The third kappa shape index (κ3) is 3.43. The zero-order valence-corrected chi connectivity index (χ0v) is 11.7. The normalized spacial score (nSPS) is 18.3. The molecule has 0 spiro atoms. The molecule has 1 unspecified atom stereocenters. The first kappa shape index (κ1) is 15.1. The molecule has 0 aromatic heterocycles. The van der Waals surface area contributed by atoms with Gasteiger partial charge in [0.05, 0.1) is 18.4 Å². The first-order valence-electron chi connectivity index (χ1n) is 6.75. The van der Waals surface area contributed by atoms with E-state index in [1.165, 1.54) is 18.2 Å². The van der Waals surface area contributed by atoms with Gasteiger partial charge < -0.3 is 25.2 Å². The van der Waals surface area contributed by atoms with Crippen LogP contribution in [0.15, 0.2) is 18.2 Å². The molecule has 0 aliphatic carbocycles. The Morgan fingerprint density at radius 2 is 2.24 bits per heavy atom. The Balaban J connectivity index is 2.09. The SMILES string of the molecule is CCC1CN(C(=O)Nc2cccc(C(=O)O)c2O)CCO1. The number of nitrogens with zero attached hydrogens (tertiary/aromatic N) is 1. The lowest BCUT2D eigenvalue weighted by Gasteiger charge is -2.32. The number of urea groups is 1. The van der Waals surface area contributed by atoms with Crippen LogP contribution < -0.4 is 5.32 Å². The minimum Gasteiger partial charge on any atom is -0.505 e. The van der Waals surface area contributed by atoms with E-state index in [0.717, 1.165) is 6.42 Å². The van der Waals surface area contributed by atoms with Crippen LogP contribution in [0.3, 0.4) is 0 Å². The molecule has 1 fully saturated rings. The number of benzene rings is 1. The molecular weight excluding hydrogens is 276 g/mol. The van der Waals surface area contributed by atoms with Gasteiger partial charge in [-0.05, 0) is 18.6 Å². The molecule has 1 aromatic rings. The molecule has 1 heterocycles. The van der Waals surface area contributed by atoms with Crippen LogP contribution in [0.4, 0.5) is 10.5 Å². The molecule has 2 amide bonds. The number of aromatic carboxylic acids is 1. The first-order valence-corrected chi connectivity index (χ1v) is 6.75. The number of anilines is 1. The van der Waals surface area contributed by atoms with E-state index in [-0.39, 0.29) is 23.4 Å². The highest BCUT2D eigenvalue weighted by Crippen LogP contribution is 2.27. The molecule has 1 aliphatic rings. The van der Waals surface area contributed by atoms with Crippen LogP contribution in [-0.4, -0.2) is 52.9 Å². The molecule has 1 saturated heterocycles. The third-order valence-electron chi connectivity index (χ3n) is 3.39. The lowest BCUT2D eigenvalue weighted by molar-refractivity contribution is -0.0134. The van der Waals surface area contributed by atoms with Crippen molar-refractivity contribution in [3.63, 3.8) is 0 Å². The molecular formula is C14H18N2O5. The number of nitrogens with one attached hydrogen (secondary N) is 1. The second-order valence-electron chi connectivity index (χ2n) is 4.78. The molecule has 1 aromatic carbocycles. The minimum absolute atomic E-state index is 0.00320. The summed E-state index contributed by atoms with van der Waals surface area (Å²) in [6.45, 7) is 3.38. The Morgan fingerprint density at radius 1 is 1.48 bits per heavy atom. The molecule has 114 valence electrons. The van der Waals surface area contributed by atoms with E-state index in [1.54, 1.807) is 4.90 Å². The summed E-state index contributed by atoms with van der Waals surface area (Å²) in [7, 11) is 0. The van der Waals surface area contributed by atoms with Gasteiger partial charge in [-0.2, -0.15) is 0 Å². The number of carbonyl (C=O) groups is 2. The lowest BCUT2D eigenvalue weighted by atomic mass is 10.1. The van der Waals surface area contributed by atoms with Crippen molar-refractivity contribution in [3.8, 4) is 5.75 Å². The summed E-state index contributed by atoms with van der Waals surface area (Å²) >= 11 is 0. The Hall–Kier alpha value is -2.28. The Kier molecular flexibility index (Phi) is 4.64. The van der Waals surface area contributed by atoms with Crippen LogP contribution in [0, 0.1) is 0 Å². The molecule has 21 heavy (non-hydrogen) atoms. The molecule has 2 rings (SSSR count). The summed E-state index contributed by atoms with van der Waals surface area (Å²) in [6, 6.07) is 3.81. The van der Waals surface area contributed by atoms with E-state index >= 15 is 0 Å². The fourth-order valence-corrected chi connectivity index (χ4v) is 2.16. The number of ether oxygens (including phenoxy) is 1. The van der Waals surface area contributed by atoms with Crippen LogP contribution in [0.5, 0.6) is 5.75 Å². The van der Waals surface area contributed by atoms with Gasteiger partial charge in [-0.1, -0.05) is 13.0 Å². The number of aromatic hydroxyl groups is 1. The van der Waals surface area contributed by atoms with Crippen molar-refractivity contribution in [1.82, 2.24) is 4.90 Å². The predicted octanol–water partition coefficient (Wildman–Crippen LogP) is 1.73. The van der Waals surface area contributed by atoms with Crippen molar-refractivity contribution in [2.75, 3.05) is 25.0 Å². The van der Waals surface area contributed by atoms with Crippen molar-refractivity contribution in [3.05, 3.63) is 23.8 Å².